The molecule has 1 aliphatic rings. The Morgan fingerprint density at radius 1 is 1.35 bits per heavy atom. The molecule has 0 amide bonds. The maximum atomic E-state index is 5.95. The first kappa shape index (κ1) is 13.6. The molecule has 0 fully saturated rings. The fourth-order valence-electron chi connectivity index (χ4n) is 2.88. The van der Waals surface area contributed by atoms with Crippen molar-refractivity contribution in [2.24, 2.45) is 0 Å². The maximum absolute atomic E-state index is 5.95. The quantitative estimate of drug-likeness (QED) is 0.940. The van der Waals surface area contributed by atoms with Crippen LogP contribution in [-0.2, 0) is 6.42 Å². The summed E-state index contributed by atoms with van der Waals surface area (Å²) in [4.78, 5) is 5.84. The number of hydrogen-bond acceptors (Lipinski definition) is 4. The summed E-state index contributed by atoms with van der Waals surface area (Å²) in [5.41, 5.74) is 3.67. The van der Waals surface area contributed by atoms with Crippen LogP contribution in [0.25, 0.3) is 0 Å². The number of hydrogen-bond donors (Lipinski definition) is 1. The van der Waals surface area contributed by atoms with E-state index in [1.165, 1.54) is 16.0 Å². The van der Waals surface area contributed by atoms with E-state index in [0.29, 0.717) is 0 Å². The smallest absolute Gasteiger partial charge is 0.127 e. The van der Waals surface area contributed by atoms with Crippen LogP contribution in [0.1, 0.15) is 39.2 Å². The average Bonchev–Trinajstić information content (AvgIpc) is 2.79. The molecule has 4 heteroatoms. The number of rotatable bonds is 3. The Labute approximate surface area is 124 Å². The molecule has 1 aromatic carbocycles. The van der Waals surface area contributed by atoms with Crippen LogP contribution in [0.3, 0.4) is 0 Å². The molecule has 1 unspecified atom stereocenters. The van der Waals surface area contributed by atoms with E-state index in [2.05, 4.69) is 42.3 Å². The number of para-hydroxylation sites is 1. The Balaban J connectivity index is 2.08. The molecule has 106 valence electrons. The topological polar surface area (TPSA) is 34.1 Å². The van der Waals surface area contributed by atoms with E-state index in [-0.39, 0.29) is 6.04 Å². The number of fused-ring (bicyclic) bond motifs is 1. The van der Waals surface area contributed by atoms with Crippen LogP contribution < -0.4 is 10.1 Å². The lowest BCUT2D eigenvalue weighted by atomic mass is 9.97. The predicted octanol–water partition coefficient (Wildman–Crippen LogP) is 3.39. The molecule has 1 aromatic heterocycles. The summed E-state index contributed by atoms with van der Waals surface area (Å²) in [6, 6.07) is 6.64. The van der Waals surface area contributed by atoms with E-state index in [1.54, 1.807) is 11.3 Å². The van der Waals surface area contributed by atoms with Crippen LogP contribution in [-0.4, -0.2) is 18.6 Å². The molecular weight excluding hydrogens is 268 g/mol. The molecule has 0 aliphatic carbocycles. The third-order valence-corrected chi connectivity index (χ3v) is 4.90. The van der Waals surface area contributed by atoms with Gasteiger partial charge in [-0.15, -0.1) is 11.3 Å². The average molecular weight is 288 g/mol. The molecule has 0 radical (unpaired) electrons. The highest BCUT2D eigenvalue weighted by Gasteiger charge is 2.24. The zero-order valence-electron chi connectivity index (χ0n) is 12.2. The van der Waals surface area contributed by atoms with E-state index in [1.807, 2.05) is 7.05 Å². The van der Waals surface area contributed by atoms with E-state index in [0.717, 1.165) is 35.9 Å². The van der Waals surface area contributed by atoms with Crippen molar-refractivity contribution >= 4 is 11.3 Å². The maximum Gasteiger partial charge on any atom is 0.127 e. The fourth-order valence-corrected chi connectivity index (χ4v) is 3.94. The van der Waals surface area contributed by atoms with Gasteiger partial charge in [-0.1, -0.05) is 18.2 Å². The van der Waals surface area contributed by atoms with E-state index in [9.17, 15) is 0 Å². The molecule has 1 aliphatic heterocycles. The predicted molar refractivity (Wildman–Crippen MR) is 82.7 cm³/mol. The van der Waals surface area contributed by atoms with Gasteiger partial charge in [0, 0.05) is 10.4 Å². The lowest BCUT2D eigenvalue weighted by Crippen LogP contribution is -2.20. The summed E-state index contributed by atoms with van der Waals surface area (Å²) in [6.07, 6.45) is 2.22. The summed E-state index contributed by atoms with van der Waals surface area (Å²) < 4.78 is 5.95. The Morgan fingerprint density at radius 3 is 2.90 bits per heavy atom. The van der Waals surface area contributed by atoms with Crippen LogP contribution in [0.5, 0.6) is 5.75 Å². The van der Waals surface area contributed by atoms with Crippen LogP contribution >= 0.6 is 11.3 Å². The standard InChI is InChI=1S/C16H20N2OS/c1-10-16(20-11(2)18-10)14(17-3)13-8-4-6-12-7-5-9-19-15(12)13/h4,6,8,14,17H,5,7,9H2,1-3H3. The van der Waals surface area contributed by atoms with Crippen molar-refractivity contribution in [1.29, 1.82) is 0 Å². The third-order valence-electron chi connectivity index (χ3n) is 3.77. The number of ether oxygens (including phenoxy) is 1. The zero-order valence-corrected chi connectivity index (χ0v) is 13.0. The first-order valence-corrected chi connectivity index (χ1v) is 7.88. The Bertz CT molecular complexity index is 621. The Kier molecular flexibility index (Phi) is 3.76. The molecule has 2 heterocycles. The van der Waals surface area contributed by atoms with Crippen LogP contribution in [0.2, 0.25) is 0 Å². The van der Waals surface area contributed by atoms with Gasteiger partial charge in [0.05, 0.1) is 23.4 Å². The number of thiazole rings is 1. The largest absolute Gasteiger partial charge is 0.493 e. The number of aryl methyl sites for hydroxylation is 3. The van der Waals surface area contributed by atoms with Crippen molar-refractivity contribution in [1.82, 2.24) is 10.3 Å². The molecule has 1 N–H and O–H groups in total. The van der Waals surface area contributed by atoms with Gasteiger partial charge < -0.3 is 10.1 Å². The minimum atomic E-state index is 0.161. The molecule has 3 nitrogen and oxygen atoms in total. The Morgan fingerprint density at radius 2 is 2.20 bits per heavy atom. The van der Waals surface area contributed by atoms with Crippen molar-refractivity contribution in [3.63, 3.8) is 0 Å². The van der Waals surface area contributed by atoms with E-state index >= 15 is 0 Å². The molecule has 0 bridgehead atoms. The highest BCUT2D eigenvalue weighted by Crippen LogP contribution is 2.38. The molecular formula is C16H20N2OS. The van der Waals surface area contributed by atoms with Gasteiger partial charge in [0.2, 0.25) is 0 Å². The molecule has 0 saturated heterocycles. The number of benzene rings is 1. The van der Waals surface area contributed by atoms with Gasteiger partial charge in [0.25, 0.3) is 0 Å². The van der Waals surface area contributed by atoms with Crippen molar-refractivity contribution in [2.45, 2.75) is 32.7 Å². The lowest BCUT2D eigenvalue weighted by molar-refractivity contribution is 0.283. The lowest BCUT2D eigenvalue weighted by Gasteiger charge is -2.24. The minimum absolute atomic E-state index is 0.161. The summed E-state index contributed by atoms with van der Waals surface area (Å²) in [7, 11) is 2.00. The van der Waals surface area contributed by atoms with Crippen LogP contribution in [0.4, 0.5) is 0 Å². The van der Waals surface area contributed by atoms with E-state index < -0.39 is 0 Å². The fraction of sp³-hybridized carbons (Fsp3) is 0.438. The van der Waals surface area contributed by atoms with Crippen molar-refractivity contribution in [3.05, 3.63) is 44.9 Å². The number of aromatic nitrogens is 1. The highest BCUT2D eigenvalue weighted by molar-refractivity contribution is 7.11. The molecule has 1 atom stereocenters. The highest BCUT2D eigenvalue weighted by atomic mass is 32.1. The second-order valence-corrected chi connectivity index (χ2v) is 6.43. The normalized spacial score (nSPS) is 15.6. The Hall–Kier alpha value is -1.39. The molecule has 2 aromatic rings. The van der Waals surface area contributed by atoms with Gasteiger partial charge in [0.15, 0.2) is 0 Å². The first-order chi connectivity index (χ1) is 9.70. The summed E-state index contributed by atoms with van der Waals surface area (Å²) in [6.45, 7) is 4.96. The monoisotopic (exact) mass is 288 g/mol. The van der Waals surface area contributed by atoms with Crippen molar-refractivity contribution < 1.29 is 4.74 Å². The van der Waals surface area contributed by atoms with Crippen LogP contribution in [0.15, 0.2) is 18.2 Å². The van der Waals surface area contributed by atoms with Crippen molar-refractivity contribution in [2.75, 3.05) is 13.7 Å². The molecule has 20 heavy (non-hydrogen) atoms. The van der Waals surface area contributed by atoms with E-state index in [4.69, 9.17) is 4.74 Å². The SMILES string of the molecule is CNC(c1cccc2c1OCCC2)c1sc(C)nc1C. The summed E-state index contributed by atoms with van der Waals surface area (Å²) >= 11 is 1.76. The molecule has 3 rings (SSSR count). The third kappa shape index (κ3) is 2.34. The van der Waals surface area contributed by atoms with Gasteiger partial charge in [-0.25, -0.2) is 4.98 Å². The number of nitrogens with one attached hydrogen (secondary N) is 1. The van der Waals surface area contributed by atoms with Crippen LogP contribution in [0, 0.1) is 13.8 Å². The first-order valence-electron chi connectivity index (χ1n) is 7.06. The molecule has 0 saturated carbocycles. The minimum Gasteiger partial charge on any atom is -0.493 e. The van der Waals surface area contributed by atoms with Gasteiger partial charge in [-0.2, -0.15) is 0 Å². The molecule has 0 spiro atoms. The second kappa shape index (κ2) is 5.54. The number of nitrogens with zero attached hydrogens (tertiary/aromatic N) is 1. The van der Waals surface area contributed by atoms with Gasteiger partial charge in [-0.3, -0.25) is 0 Å². The van der Waals surface area contributed by atoms with Gasteiger partial charge in [0.1, 0.15) is 5.75 Å². The second-order valence-electron chi connectivity index (χ2n) is 5.19. The van der Waals surface area contributed by atoms with Gasteiger partial charge >= 0.3 is 0 Å². The van der Waals surface area contributed by atoms with Gasteiger partial charge in [-0.05, 0) is 39.3 Å². The van der Waals surface area contributed by atoms with Crippen molar-refractivity contribution in [3.8, 4) is 5.75 Å². The summed E-state index contributed by atoms with van der Waals surface area (Å²) in [5.74, 6) is 1.07. The summed E-state index contributed by atoms with van der Waals surface area (Å²) in [5, 5.41) is 4.54. The zero-order chi connectivity index (χ0) is 14.1.